The maximum atomic E-state index is 13.1. The number of piperidine rings is 1. The molecule has 1 fully saturated rings. The quantitative estimate of drug-likeness (QED) is 0.660. The van der Waals surface area contributed by atoms with Crippen LogP contribution in [0.4, 0.5) is 0 Å². The molecule has 0 unspecified atom stereocenters. The molecule has 0 bridgehead atoms. The molecule has 2 aromatic heterocycles. The topological polar surface area (TPSA) is 66.8 Å². The monoisotopic (exact) mass is 413 g/mol. The van der Waals surface area contributed by atoms with Crippen LogP contribution in [0.25, 0.3) is 0 Å². The van der Waals surface area contributed by atoms with Crippen molar-refractivity contribution in [3.8, 4) is 0 Å². The standard InChI is InChI=1S/C20H23N5OS2/c1-13-17(28-16(21-13)12-14-6-4-3-5-7-14)19(26)25-10-8-15(9-11-25)18-22-23-20(27)24(18)2/h3-7,15H,8-12H2,1-2H3,(H,23,27). The first-order valence-electron chi connectivity index (χ1n) is 9.43. The summed E-state index contributed by atoms with van der Waals surface area (Å²) in [7, 11) is 1.94. The van der Waals surface area contributed by atoms with E-state index in [9.17, 15) is 4.79 Å². The highest BCUT2D eigenvalue weighted by molar-refractivity contribution is 7.71. The van der Waals surface area contributed by atoms with Gasteiger partial charge in [-0.2, -0.15) is 5.10 Å². The molecular formula is C20H23N5OS2. The molecule has 146 valence electrons. The number of nitrogens with one attached hydrogen (secondary N) is 1. The van der Waals surface area contributed by atoms with Gasteiger partial charge in [-0.15, -0.1) is 11.3 Å². The predicted molar refractivity (Wildman–Crippen MR) is 112 cm³/mol. The summed E-state index contributed by atoms with van der Waals surface area (Å²) in [4.78, 5) is 20.4. The summed E-state index contributed by atoms with van der Waals surface area (Å²) >= 11 is 6.73. The summed E-state index contributed by atoms with van der Waals surface area (Å²) in [6.07, 6.45) is 2.56. The largest absolute Gasteiger partial charge is 0.338 e. The van der Waals surface area contributed by atoms with Crippen molar-refractivity contribution in [3.05, 3.63) is 62.1 Å². The fraction of sp³-hybridized carbons (Fsp3) is 0.400. The second-order valence-corrected chi connectivity index (χ2v) is 8.67. The summed E-state index contributed by atoms with van der Waals surface area (Å²) < 4.78 is 2.57. The number of aryl methyl sites for hydroxylation is 1. The molecule has 0 spiro atoms. The van der Waals surface area contributed by atoms with Gasteiger partial charge in [-0.05, 0) is 37.5 Å². The van der Waals surface area contributed by atoms with E-state index in [1.165, 1.54) is 16.9 Å². The van der Waals surface area contributed by atoms with Gasteiger partial charge in [-0.1, -0.05) is 30.3 Å². The number of H-pyrrole nitrogens is 1. The lowest BCUT2D eigenvalue weighted by Gasteiger charge is -2.31. The SMILES string of the molecule is Cc1nc(Cc2ccccc2)sc1C(=O)N1CCC(c2n[nH]c(=S)n2C)CC1. The molecule has 1 N–H and O–H groups in total. The lowest BCUT2D eigenvalue weighted by atomic mass is 9.96. The zero-order valence-corrected chi connectivity index (χ0v) is 17.6. The molecule has 0 aliphatic carbocycles. The van der Waals surface area contributed by atoms with E-state index in [1.807, 2.05) is 41.6 Å². The Balaban J connectivity index is 1.43. The first-order valence-corrected chi connectivity index (χ1v) is 10.7. The molecule has 0 radical (unpaired) electrons. The van der Waals surface area contributed by atoms with Crippen molar-refractivity contribution in [1.29, 1.82) is 0 Å². The number of rotatable bonds is 4. The molecular weight excluding hydrogens is 390 g/mol. The zero-order chi connectivity index (χ0) is 19.7. The third-order valence-corrected chi connectivity index (χ3v) is 6.81. The van der Waals surface area contributed by atoms with Crippen LogP contribution < -0.4 is 0 Å². The highest BCUT2D eigenvalue weighted by Gasteiger charge is 2.29. The van der Waals surface area contributed by atoms with Gasteiger partial charge in [-0.25, -0.2) is 4.98 Å². The Morgan fingerprint density at radius 3 is 2.64 bits per heavy atom. The van der Waals surface area contributed by atoms with Gasteiger partial charge in [0.25, 0.3) is 5.91 Å². The first kappa shape index (κ1) is 19.0. The van der Waals surface area contributed by atoms with Gasteiger partial charge in [0.05, 0.1) is 10.7 Å². The van der Waals surface area contributed by atoms with E-state index in [0.29, 0.717) is 10.7 Å². The predicted octanol–water partition coefficient (Wildman–Crippen LogP) is 3.85. The van der Waals surface area contributed by atoms with Gasteiger partial charge in [0, 0.05) is 32.5 Å². The second-order valence-electron chi connectivity index (χ2n) is 7.20. The fourth-order valence-electron chi connectivity index (χ4n) is 3.71. The minimum Gasteiger partial charge on any atom is -0.338 e. The Morgan fingerprint density at radius 1 is 1.29 bits per heavy atom. The van der Waals surface area contributed by atoms with Crippen molar-refractivity contribution in [2.24, 2.45) is 7.05 Å². The van der Waals surface area contributed by atoms with Crippen molar-refractivity contribution in [2.75, 3.05) is 13.1 Å². The van der Waals surface area contributed by atoms with Crippen molar-refractivity contribution in [3.63, 3.8) is 0 Å². The number of aromatic nitrogens is 4. The van der Waals surface area contributed by atoms with Crippen LogP contribution in [0.15, 0.2) is 30.3 Å². The van der Waals surface area contributed by atoms with E-state index >= 15 is 0 Å². The lowest BCUT2D eigenvalue weighted by Crippen LogP contribution is -2.38. The summed E-state index contributed by atoms with van der Waals surface area (Å²) in [6.45, 7) is 3.39. The number of hydrogen-bond acceptors (Lipinski definition) is 5. The van der Waals surface area contributed by atoms with E-state index in [1.54, 1.807) is 0 Å². The minimum atomic E-state index is 0.100. The van der Waals surface area contributed by atoms with Crippen molar-refractivity contribution in [2.45, 2.75) is 32.1 Å². The molecule has 8 heteroatoms. The summed E-state index contributed by atoms with van der Waals surface area (Å²) in [5.74, 6) is 1.41. The normalized spacial score (nSPS) is 15.1. The molecule has 3 aromatic rings. The molecule has 4 rings (SSSR count). The smallest absolute Gasteiger partial charge is 0.265 e. The third-order valence-electron chi connectivity index (χ3n) is 5.30. The molecule has 1 amide bonds. The number of carbonyl (C=O) groups is 1. The number of likely N-dealkylation sites (tertiary alicyclic amines) is 1. The van der Waals surface area contributed by atoms with Crippen LogP contribution in [0.3, 0.4) is 0 Å². The average molecular weight is 414 g/mol. The second kappa shape index (κ2) is 7.97. The number of aromatic amines is 1. The Labute approximate surface area is 173 Å². The van der Waals surface area contributed by atoms with Gasteiger partial charge >= 0.3 is 0 Å². The average Bonchev–Trinajstić information content (AvgIpc) is 3.24. The number of thiazole rings is 1. The number of nitrogens with zero attached hydrogens (tertiary/aromatic N) is 4. The number of carbonyl (C=O) groups excluding carboxylic acids is 1. The number of hydrogen-bond donors (Lipinski definition) is 1. The molecule has 1 saturated heterocycles. The van der Waals surface area contributed by atoms with Crippen LogP contribution in [0.2, 0.25) is 0 Å². The van der Waals surface area contributed by atoms with Crippen LogP contribution in [0.5, 0.6) is 0 Å². The van der Waals surface area contributed by atoms with Gasteiger partial charge < -0.3 is 9.47 Å². The Kier molecular flexibility index (Phi) is 5.41. The number of benzene rings is 1. The Hall–Kier alpha value is -2.32. The molecule has 0 saturated carbocycles. The van der Waals surface area contributed by atoms with Gasteiger partial charge in [-0.3, -0.25) is 9.89 Å². The molecule has 6 nitrogen and oxygen atoms in total. The van der Waals surface area contributed by atoms with Crippen molar-refractivity contribution >= 4 is 29.5 Å². The molecule has 1 aromatic carbocycles. The van der Waals surface area contributed by atoms with Crippen molar-refractivity contribution < 1.29 is 4.79 Å². The van der Waals surface area contributed by atoms with Crippen molar-refractivity contribution in [1.82, 2.24) is 24.6 Å². The lowest BCUT2D eigenvalue weighted by molar-refractivity contribution is 0.0714. The zero-order valence-electron chi connectivity index (χ0n) is 16.0. The Bertz CT molecular complexity index is 1030. The third kappa shape index (κ3) is 3.79. The van der Waals surface area contributed by atoms with Gasteiger partial charge in [0.1, 0.15) is 10.7 Å². The highest BCUT2D eigenvalue weighted by atomic mass is 32.1. The van der Waals surface area contributed by atoms with Crippen LogP contribution in [-0.2, 0) is 13.5 Å². The molecule has 28 heavy (non-hydrogen) atoms. The number of amides is 1. The molecule has 1 aliphatic heterocycles. The maximum Gasteiger partial charge on any atom is 0.265 e. The van der Waals surface area contributed by atoms with Gasteiger partial charge in [0.15, 0.2) is 4.77 Å². The van der Waals surface area contributed by atoms with Crippen LogP contribution in [-0.4, -0.2) is 43.6 Å². The van der Waals surface area contributed by atoms with E-state index in [2.05, 4.69) is 27.3 Å². The summed E-state index contributed by atoms with van der Waals surface area (Å²) in [6, 6.07) is 10.2. The minimum absolute atomic E-state index is 0.100. The van der Waals surface area contributed by atoms with E-state index < -0.39 is 0 Å². The van der Waals surface area contributed by atoms with E-state index in [4.69, 9.17) is 12.2 Å². The van der Waals surface area contributed by atoms with Crippen LogP contribution >= 0.6 is 23.6 Å². The summed E-state index contributed by atoms with van der Waals surface area (Å²) in [5.41, 5.74) is 2.04. The molecule has 1 aliphatic rings. The van der Waals surface area contributed by atoms with E-state index in [-0.39, 0.29) is 5.91 Å². The summed E-state index contributed by atoms with van der Waals surface area (Å²) in [5, 5.41) is 8.20. The molecule has 0 atom stereocenters. The molecule has 3 heterocycles. The highest BCUT2D eigenvalue weighted by Crippen LogP contribution is 2.29. The van der Waals surface area contributed by atoms with Crippen LogP contribution in [0, 0.1) is 11.7 Å². The van der Waals surface area contributed by atoms with Gasteiger partial charge in [0.2, 0.25) is 0 Å². The fourth-order valence-corrected chi connectivity index (χ4v) is 4.91. The Morgan fingerprint density at radius 2 is 2.00 bits per heavy atom. The maximum absolute atomic E-state index is 13.1. The first-order chi connectivity index (χ1) is 13.5. The van der Waals surface area contributed by atoms with Crippen LogP contribution in [0.1, 0.15) is 50.5 Å². The van der Waals surface area contributed by atoms with E-state index in [0.717, 1.165) is 53.8 Å².